The Balaban J connectivity index is 1.47. The summed E-state index contributed by atoms with van der Waals surface area (Å²) in [5.41, 5.74) is 19.4. The van der Waals surface area contributed by atoms with Crippen molar-refractivity contribution in [3.63, 3.8) is 0 Å². The number of hydrogen-bond acceptors (Lipinski definition) is 7. The maximum atomic E-state index is 12.8. The Morgan fingerprint density at radius 2 is 1.95 bits per heavy atom. The molecule has 0 atom stereocenters. The third-order valence-corrected chi connectivity index (χ3v) is 8.07. The first-order valence-electron chi connectivity index (χ1n) is 13.6. The number of hydrogen-bond donors (Lipinski definition) is 3. The number of allylic oxidation sites excluding steroid dienone is 3. The molecule has 6 rings (SSSR count). The molecule has 1 fully saturated rings. The zero-order chi connectivity index (χ0) is 27.9. The highest BCUT2D eigenvalue weighted by atomic mass is 16.3. The van der Waals surface area contributed by atoms with Gasteiger partial charge in [-0.1, -0.05) is 18.2 Å². The van der Waals surface area contributed by atoms with Crippen molar-refractivity contribution < 1.29 is 9.90 Å². The number of pyridine rings is 2. The van der Waals surface area contributed by atoms with E-state index in [1.165, 1.54) is 16.9 Å². The Hall–Kier alpha value is -4.34. The van der Waals surface area contributed by atoms with Crippen LogP contribution in [0.3, 0.4) is 0 Å². The summed E-state index contributed by atoms with van der Waals surface area (Å²) in [6, 6.07) is 15.0. The van der Waals surface area contributed by atoms with Crippen molar-refractivity contribution in [1.29, 1.82) is 0 Å². The van der Waals surface area contributed by atoms with E-state index in [2.05, 4.69) is 21.7 Å². The molecule has 4 aromatic rings. The number of aliphatic hydroxyl groups is 1. The number of aromatic nitrogens is 4. The van der Waals surface area contributed by atoms with Crippen molar-refractivity contribution >= 4 is 28.6 Å². The molecule has 0 spiro atoms. The predicted octanol–water partition coefficient (Wildman–Crippen LogP) is 4.25. The summed E-state index contributed by atoms with van der Waals surface area (Å²) >= 11 is 0. The Morgan fingerprint density at radius 1 is 1.10 bits per heavy atom. The number of carbonyl (C=O) groups is 1. The van der Waals surface area contributed by atoms with Crippen LogP contribution < -0.4 is 11.5 Å². The summed E-state index contributed by atoms with van der Waals surface area (Å²) in [4.78, 5) is 28.7. The molecule has 1 saturated carbocycles. The van der Waals surface area contributed by atoms with Gasteiger partial charge in [0.25, 0.3) is 5.91 Å². The molecule has 40 heavy (non-hydrogen) atoms. The van der Waals surface area contributed by atoms with Gasteiger partial charge in [0.2, 0.25) is 0 Å². The van der Waals surface area contributed by atoms with Crippen LogP contribution in [0, 0.1) is 0 Å². The number of benzene rings is 1. The Kier molecular flexibility index (Phi) is 6.69. The lowest BCUT2D eigenvalue weighted by atomic mass is 9.70. The van der Waals surface area contributed by atoms with Gasteiger partial charge in [-0.2, -0.15) is 0 Å². The molecule has 2 aliphatic rings. The van der Waals surface area contributed by atoms with Crippen molar-refractivity contribution in [2.75, 3.05) is 25.9 Å². The number of carbonyl (C=O) groups excluding carboxylic acids is 1. The minimum Gasteiger partial charge on any atom is -0.395 e. The van der Waals surface area contributed by atoms with Crippen molar-refractivity contribution in [3.05, 3.63) is 78.0 Å². The first kappa shape index (κ1) is 25.9. The topological polar surface area (TPSA) is 136 Å². The van der Waals surface area contributed by atoms with Gasteiger partial charge in [-0.3, -0.25) is 9.36 Å². The zero-order valence-electron chi connectivity index (χ0n) is 22.5. The second kappa shape index (κ2) is 10.3. The van der Waals surface area contributed by atoms with E-state index < -0.39 is 0 Å². The van der Waals surface area contributed by atoms with Gasteiger partial charge in [-0.15, -0.1) is 0 Å². The fraction of sp³-hybridized carbons (Fsp3) is 0.290. The normalized spacial score (nSPS) is 16.3. The van der Waals surface area contributed by atoms with Gasteiger partial charge in [0, 0.05) is 42.2 Å². The highest BCUT2D eigenvalue weighted by Crippen LogP contribution is 2.41. The average Bonchev–Trinajstić information content (AvgIpc) is 3.34. The van der Waals surface area contributed by atoms with Crippen LogP contribution in [-0.4, -0.2) is 61.2 Å². The average molecular weight is 536 g/mol. The van der Waals surface area contributed by atoms with Gasteiger partial charge in [0.15, 0.2) is 5.65 Å². The molecule has 2 aliphatic carbocycles. The van der Waals surface area contributed by atoms with Gasteiger partial charge >= 0.3 is 0 Å². The molecule has 0 saturated heterocycles. The molecule has 3 aromatic heterocycles. The second-order valence-corrected chi connectivity index (χ2v) is 10.6. The van der Waals surface area contributed by atoms with E-state index in [0.717, 1.165) is 53.7 Å². The highest BCUT2D eigenvalue weighted by Gasteiger charge is 2.36. The standard InChI is InChI=1S/C31H33N7O2/c1-37(17-18-39)30(40)21-6-2-5-20(19-21)25-12-13-26-29(35-25)38(28(36-26)24-7-3-16-34-27(24)32)23-10-8-22(9-11-23)31(33)14-4-15-31/h2-3,5-8,10,12-13,16,19,39H,4,9,11,14-15,17-18,33H2,1H3,(H2,32,34). The number of nitrogens with two attached hydrogens (primary N) is 2. The van der Waals surface area contributed by atoms with Gasteiger partial charge < -0.3 is 21.5 Å². The summed E-state index contributed by atoms with van der Waals surface area (Å²) in [6.07, 6.45) is 10.9. The molecule has 1 amide bonds. The number of nitrogen functional groups attached to an aromatic ring is 1. The number of fused-ring (bicyclic) bond motifs is 1. The van der Waals surface area contributed by atoms with Crippen LogP contribution in [0.25, 0.3) is 39.5 Å². The fourth-order valence-electron chi connectivity index (χ4n) is 5.57. The second-order valence-electron chi connectivity index (χ2n) is 10.6. The molecular formula is C31H33N7O2. The minimum absolute atomic E-state index is 0.0906. The first-order valence-corrected chi connectivity index (χ1v) is 13.6. The quantitative estimate of drug-likeness (QED) is 0.322. The third kappa shape index (κ3) is 4.57. The van der Waals surface area contributed by atoms with Crippen LogP contribution in [0.15, 0.2) is 72.5 Å². The molecule has 1 aromatic carbocycles. The predicted molar refractivity (Wildman–Crippen MR) is 157 cm³/mol. The lowest BCUT2D eigenvalue weighted by Gasteiger charge is -2.41. The van der Waals surface area contributed by atoms with Crippen LogP contribution in [0.4, 0.5) is 5.82 Å². The van der Waals surface area contributed by atoms with Crippen molar-refractivity contribution in [3.8, 4) is 22.6 Å². The molecule has 9 nitrogen and oxygen atoms in total. The Labute approximate surface area is 232 Å². The van der Waals surface area contributed by atoms with Crippen LogP contribution in [0.5, 0.6) is 0 Å². The largest absolute Gasteiger partial charge is 0.395 e. The van der Waals surface area contributed by atoms with Gasteiger partial charge in [0.05, 0.1) is 17.9 Å². The Bertz CT molecular complexity index is 1670. The summed E-state index contributed by atoms with van der Waals surface area (Å²) in [7, 11) is 1.68. The third-order valence-electron chi connectivity index (χ3n) is 8.07. The maximum absolute atomic E-state index is 12.8. The summed E-state index contributed by atoms with van der Waals surface area (Å²) in [6.45, 7) is 0.177. The molecule has 0 radical (unpaired) electrons. The molecule has 0 unspecified atom stereocenters. The molecule has 0 aliphatic heterocycles. The van der Waals surface area contributed by atoms with E-state index in [1.807, 2.05) is 42.5 Å². The van der Waals surface area contributed by atoms with Gasteiger partial charge in [-0.05, 0) is 80.2 Å². The number of imidazole rings is 1. The lowest BCUT2D eigenvalue weighted by molar-refractivity contribution is 0.0767. The van der Waals surface area contributed by atoms with E-state index in [9.17, 15) is 9.90 Å². The molecule has 204 valence electrons. The lowest BCUT2D eigenvalue weighted by Crippen LogP contribution is -2.48. The van der Waals surface area contributed by atoms with Crippen LogP contribution in [0.2, 0.25) is 0 Å². The number of likely N-dealkylation sites (N-methyl/N-ethyl adjacent to an activating group) is 1. The van der Waals surface area contributed by atoms with E-state index >= 15 is 0 Å². The van der Waals surface area contributed by atoms with E-state index in [4.69, 9.17) is 21.4 Å². The van der Waals surface area contributed by atoms with Crippen molar-refractivity contribution in [2.45, 2.75) is 37.6 Å². The minimum atomic E-state index is -0.172. The van der Waals surface area contributed by atoms with Crippen LogP contribution in [-0.2, 0) is 0 Å². The van der Waals surface area contributed by atoms with E-state index in [-0.39, 0.29) is 24.6 Å². The molecule has 5 N–H and O–H groups in total. The molecule has 0 bridgehead atoms. The fourth-order valence-corrected chi connectivity index (χ4v) is 5.57. The number of anilines is 1. The number of nitrogens with zero attached hydrogens (tertiary/aromatic N) is 5. The monoisotopic (exact) mass is 535 g/mol. The highest BCUT2D eigenvalue weighted by molar-refractivity contribution is 5.95. The molecular weight excluding hydrogens is 502 g/mol. The van der Waals surface area contributed by atoms with E-state index in [0.29, 0.717) is 22.9 Å². The van der Waals surface area contributed by atoms with Crippen LogP contribution >= 0.6 is 0 Å². The van der Waals surface area contributed by atoms with Crippen molar-refractivity contribution in [2.24, 2.45) is 5.73 Å². The van der Waals surface area contributed by atoms with Gasteiger partial charge in [-0.25, -0.2) is 15.0 Å². The zero-order valence-corrected chi connectivity index (χ0v) is 22.5. The number of rotatable bonds is 7. The molecule has 3 heterocycles. The summed E-state index contributed by atoms with van der Waals surface area (Å²) < 4.78 is 2.08. The van der Waals surface area contributed by atoms with Gasteiger partial charge in [0.1, 0.15) is 17.2 Å². The molecule has 9 heteroatoms. The summed E-state index contributed by atoms with van der Waals surface area (Å²) in [5, 5.41) is 9.23. The smallest absolute Gasteiger partial charge is 0.253 e. The summed E-state index contributed by atoms with van der Waals surface area (Å²) in [5.74, 6) is 0.935. The number of amides is 1. The van der Waals surface area contributed by atoms with E-state index in [1.54, 1.807) is 19.3 Å². The van der Waals surface area contributed by atoms with Crippen molar-refractivity contribution in [1.82, 2.24) is 24.4 Å². The maximum Gasteiger partial charge on any atom is 0.253 e. The Morgan fingerprint density at radius 3 is 2.65 bits per heavy atom. The SMILES string of the molecule is CN(CCO)C(=O)c1cccc(-c2ccc3nc(-c4cccnc4N)n(C4=CC=C(C5(N)CCC5)CC4)c3n2)c1. The first-order chi connectivity index (χ1) is 19.4. The van der Waals surface area contributed by atoms with Crippen LogP contribution in [0.1, 0.15) is 42.5 Å². The number of aliphatic hydroxyl groups excluding tert-OH is 1.